The van der Waals surface area contributed by atoms with Crippen LogP contribution in [0.3, 0.4) is 0 Å². The molecule has 8 heteroatoms. The fourth-order valence-corrected chi connectivity index (χ4v) is 2.75. The van der Waals surface area contributed by atoms with Gasteiger partial charge in [0.1, 0.15) is 5.69 Å². The molecule has 0 atom stereocenters. The number of hydrogen-bond acceptors (Lipinski definition) is 6. The van der Waals surface area contributed by atoms with Gasteiger partial charge in [-0.2, -0.15) is 0 Å². The molecule has 0 aliphatic carbocycles. The van der Waals surface area contributed by atoms with Crippen molar-refractivity contribution in [1.29, 1.82) is 0 Å². The Morgan fingerprint density at radius 1 is 1.45 bits per heavy atom. The summed E-state index contributed by atoms with van der Waals surface area (Å²) in [6.07, 6.45) is 0.916. The Labute approximate surface area is 125 Å². The number of aromatic nitrogens is 2. The van der Waals surface area contributed by atoms with Crippen LogP contribution in [0.1, 0.15) is 19.0 Å². The third kappa shape index (κ3) is 3.05. The van der Waals surface area contributed by atoms with Crippen molar-refractivity contribution in [2.75, 3.05) is 11.9 Å². The number of anilines is 1. The molecule has 0 saturated heterocycles. The van der Waals surface area contributed by atoms with Crippen molar-refractivity contribution < 1.29 is 4.92 Å². The van der Waals surface area contributed by atoms with Crippen molar-refractivity contribution in [2.24, 2.45) is 0 Å². The van der Waals surface area contributed by atoms with Crippen molar-refractivity contribution in [2.45, 2.75) is 20.3 Å². The van der Waals surface area contributed by atoms with Gasteiger partial charge < -0.3 is 5.32 Å². The predicted octanol–water partition coefficient (Wildman–Crippen LogP) is 3.90. The van der Waals surface area contributed by atoms with Crippen molar-refractivity contribution in [3.05, 3.63) is 32.3 Å². The third-order valence-electron chi connectivity index (χ3n) is 2.58. The molecule has 0 aromatic carbocycles. The van der Waals surface area contributed by atoms with Gasteiger partial charge in [-0.3, -0.25) is 10.1 Å². The van der Waals surface area contributed by atoms with Crippen LogP contribution in [0.4, 0.5) is 11.6 Å². The minimum atomic E-state index is -0.456. The van der Waals surface area contributed by atoms with E-state index in [2.05, 4.69) is 15.3 Å². The highest BCUT2D eigenvalue weighted by Gasteiger charge is 2.24. The lowest BCUT2D eigenvalue weighted by Crippen LogP contribution is -2.08. The molecular weight excluding hydrogens is 300 g/mol. The summed E-state index contributed by atoms with van der Waals surface area (Å²) in [5.74, 6) is 0.398. The molecule has 6 nitrogen and oxygen atoms in total. The summed E-state index contributed by atoms with van der Waals surface area (Å²) >= 11 is 7.15. The largest absolute Gasteiger partial charge is 0.354 e. The van der Waals surface area contributed by atoms with Crippen molar-refractivity contribution in [3.8, 4) is 10.6 Å². The van der Waals surface area contributed by atoms with Gasteiger partial charge in [-0.05, 0) is 25.5 Å². The molecule has 2 rings (SSSR count). The second-order valence-corrected chi connectivity index (χ2v) is 5.83. The molecule has 2 heterocycles. The van der Waals surface area contributed by atoms with Crippen LogP contribution in [0.15, 0.2) is 12.1 Å². The first kappa shape index (κ1) is 14.7. The van der Waals surface area contributed by atoms with Gasteiger partial charge in [-0.1, -0.05) is 18.5 Å². The van der Waals surface area contributed by atoms with Gasteiger partial charge in [0, 0.05) is 6.54 Å². The van der Waals surface area contributed by atoms with Crippen molar-refractivity contribution >= 4 is 34.6 Å². The lowest BCUT2D eigenvalue weighted by molar-refractivity contribution is -0.385. The zero-order chi connectivity index (χ0) is 14.7. The number of halogens is 1. The van der Waals surface area contributed by atoms with E-state index in [1.807, 2.05) is 6.92 Å². The molecule has 0 fully saturated rings. The minimum Gasteiger partial charge on any atom is -0.354 e. The first-order chi connectivity index (χ1) is 9.52. The molecular formula is C12H13ClN4O2S. The number of nitrogens with zero attached hydrogens (tertiary/aromatic N) is 3. The maximum Gasteiger partial charge on any atom is 0.317 e. The highest BCUT2D eigenvalue weighted by atomic mass is 35.5. The minimum absolute atomic E-state index is 0.0782. The predicted molar refractivity (Wildman–Crippen MR) is 80.5 cm³/mol. The Morgan fingerprint density at radius 2 is 2.20 bits per heavy atom. The van der Waals surface area contributed by atoms with Crippen LogP contribution in [0.2, 0.25) is 4.34 Å². The van der Waals surface area contributed by atoms with Gasteiger partial charge in [0.2, 0.25) is 5.95 Å². The average molecular weight is 313 g/mol. The molecule has 0 bridgehead atoms. The van der Waals surface area contributed by atoms with Crippen LogP contribution in [0.5, 0.6) is 0 Å². The lowest BCUT2D eigenvalue weighted by Gasteiger charge is -2.07. The van der Waals surface area contributed by atoms with Crippen LogP contribution in [0, 0.1) is 17.0 Å². The highest BCUT2D eigenvalue weighted by molar-refractivity contribution is 7.19. The van der Waals surface area contributed by atoms with Gasteiger partial charge in [-0.25, -0.2) is 9.97 Å². The SMILES string of the molecule is CCCNc1nc(C)c([N+](=O)[O-])c(-c2ccc(Cl)s2)n1. The molecule has 0 aliphatic rings. The second-order valence-electron chi connectivity index (χ2n) is 4.12. The molecule has 20 heavy (non-hydrogen) atoms. The smallest absolute Gasteiger partial charge is 0.317 e. The van der Waals surface area contributed by atoms with E-state index in [9.17, 15) is 10.1 Å². The highest BCUT2D eigenvalue weighted by Crippen LogP contribution is 2.36. The van der Waals surface area contributed by atoms with Crippen LogP contribution in [-0.4, -0.2) is 21.4 Å². The first-order valence-corrected chi connectivity index (χ1v) is 7.25. The van der Waals surface area contributed by atoms with Crippen molar-refractivity contribution in [1.82, 2.24) is 9.97 Å². The van der Waals surface area contributed by atoms with E-state index in [1.165, 1.54) is 11.3 Å². The zero-order valence-electron chi connectivity index (χ0n) is 11.0. The Bertz CT molecular complexity index is 644. The molecule has 2 aromatic heterocycles. The molecule has 1 N–H and O–H groups in total. The summed E-state index contributed by atoms with van der Waals surface area (Å²) in [7, 11) is 0. The van der Waals surface area contributed by atoms with Crippen LogP contribution >= 0.6 is 22.9 Å². The number of nitro groups is 1. The quantitative estimate of drug-likeness (QED) is 0.669. The number of aryl methyl sites for hydroxylation is 1. The number of thiophene rings is 1. The van der Waals surface area contributed by atoms with E-state index >= 15 is 0 Å². The van der Waals surface area contributed by atoms with E-state index < -0.39 is 4.92 Å². The summed E-state index contributed by atoms with van der Waals surface area (Å²) in [6, 6.07) is 3.42. The van der Waals surface area contributed by atoms with Crippen molar-refractivity contribution in [3.63, 3.8) is 0 Å². The van der Waals surface area contributed by atoms with E-state index in [1.54, 1.807) is 19.1 Å². The maximum absolute atomic E-state index is 11.2. The number of hydrogen-bond donors (Lipinski definition) is 1. The molecule has 106 valence electrons. The topological polar surface area (TPSA) is 81.0 Å². The normalized spacial score (nSPS) is 10.6. The molecule has 0 aliphatic heterocycles. The Kier molecular flexibility index (Phi) is 4.51. The summed E-state index contributed by atoms with van der Waals surface area (Å²) < 4.78 is 0.564. The fourth-order valence-electron chi connectivity index (χ4n) is 1.71. The molecule has 0 saturated carbocycles. The van der Waals surface area contributed by atoms with Crippen LogP contribution in [0.25, 0.3) is 10.6 Å². The van der Waals surface area contributed by atoms with E-state index in [0.717, 1.165) is 6.42 Å². The van der Waals surface area contributed by atoms with Gasteiger partial charge in [0.15, 0.2) is 5.69 Å². The van der Waals surface area contributed by atoms with Gasteiger partial charge >= 0.3 is 5.69 Å². The standard InChI is InChI=1S/C12H13ClN4O2S/c1-3-6-14-12-15-7(2)11(17(18)19)10(16-12)8-4-5-9(13)20-8/h4-5H,3,6H2,1-2H3,(H,14,15,16). The van der Waals surface area contributed by atoms with E-state index in [0.29, 0.717) is 33.1 Å². The maximum atomic E-state index is 11.2. The third-order valence-corrected chi connectivity index (χ3v) is 3.82. The van der Waals surface area contributed by atoms with E-state index in [-0.39, 0.29) is 5.69 Å². The Morgan fingerprint density at radius 3 is 2.75 bits per heavy atom. The van der Waals surface area contributed by atoms with Gasteiger partial charge in [-0.15, -0.1) is 11.3 Å². The summed E-state index contributed by atoms with van der Waals surface area (Å²) in [6.45, 7) is 4.34. The summed E-state index contributed by atoms with van der Waals surface area (Å²) in [4.78, 5) is 19.8. The number of nitrogens with one attached hydrogen (secondary N) is 1. The Hall–Kier alpha value is -1.73. The lowest BCUT2D eigenvalue weighted by atomic mass is 10.2. The van der Waals surface area contributed by atoms with Gasteiger partial charge in [0.05, 0.1) is 14.1 Å². The van der Waals surface area contributed by atoms with Crippen LogP contribution in [-0.2, 0) is 0 Å². The molecule has 0 unspecified atom stereocenters. The summed E-state index contributed by atoms with van der Waals surface area (Å²) in [5, 5.41) is 14.3. The molecule has 2 aromatic rings. The molecule has 0 radical (unpaired) electrons. The first-order valence-electron chi connectivity index (χ1n) is 6.05. The fraction of sp³-hybridized carbons (Fsp3) is 0.333. The number of rotatable bonds is 5. The molecule has 0 amide bonds. The van der Waals surface area contributed by atoms with E-state index in [4.69, 9.17) is 11.6 Å². The average Bonchev–Trinajstić information content (AvgIpc) is 2.81. The monoisotopic (exact) mass is 312 g/mol. The zero-order valence-corrected chi connectivity index (χ0v) is 12.6. The second kappa shape index (κ2) is 6.15. The molecule has 0 spiro atoms. The van der Waals surface area contributed by atoms with Gasteiger partial charge in [0.25, 0.3) is 0 Å². The Balaban J connectivity index is 2.55. The van der Waals surface area contributed by atoms with Crippen LogP contribution < -0.4 is 5.32 Å². The summed E-state index contributed by atoms with van der Waals surface area (Å²) in [5.41, 5.74) is 0.562.